The average Bonchev–Trinajstić information content (AvgIpc) is 2.51. The number of H-pyrrole nitrogens is 1. The minimum absolute atomic E-state index is 0. The molecule has 0 aliphatic carbocycles. The summed E-state index contributed by atoms with van der Waals surface area (Å²) >= 11 is 0. The van der Waals surface area contributed by atoms with Crippen LogP contribution >= 0.6 is 12.4 Å². The molecule has 11 heteroatoms. The first-order chi connectivity index (χ1) is 11.7. The van der Waals surface area contributed by atoms with Gasteiger partial charge in [-0.15, -0.1) is 12.4 Å². The van der Waals surface area contributed by atoms with Crippen molar-refractivity contribution in [3.05, 3.63) is 64.1 Å². The van der Waals surface area contributed by atoms with Gasteiger partial charge in [0.2, 0.25) is 5.56 Å². The van der Waals surface area contributed by atoms with Crippen LogP contribution in [0, 0.1) is 11.6 Å². The maximum absolute atomic E-state index is 14.5. The largest absolute Gasteiger partial charge is 0.307 e. The van der Waals surface area contributed by atoms with E-state index in [9.17, 15) is 22.0 Å². The van der Waals surface area contributed by atoms with Crippen LogP contribution in [0.1, 0.15) is 5.56 Å². The van der Waals surface area contributed by atoms with Gasteiger partial charge in [0.05, 0.1) is 5.56 Å². The number of hydrogen-bond acceptors (Lipinski definition) is 4. The molecule has 0 fully saturated rings. The Labute approximate surface area is 152 Å². The summed E-state index contributed by atoms with van der Waals surface area (Å²) in [6.45, 7) is -0.350. The van der Waals surface area contributed by atoms with Crippen LogP contribution in [0.15, 0.2) is 41.3 Å². The molecule has 0 saturated carbocycles. The lowest BCUT2D eigenvalue weighted by molar-refractivity contribution is 0.575. The summed E-state index contributed by atoms with van der Waals surface area (Å²) in [4.78, 5) is 17.8. The Morgan fingerprint density at radius 1 is 1.15 bits per heavy atom. The van der Waals surface area contributed by atoms with Gasteiger partial charge in [0, 0.05) is 29.8 Å². The van der Waals surface area contributed by atoms with E-state index in [0.717, 1.165) is 12.1 Å². The fourth-order valence-electron chi connectivity index (χ4n) is 2.45. The number of fused-ring (bicyclic) bond motifs is 1. The normalized spacial score (nSPS) is 11.3. The maximum atomic E-state index is 14.5. The Kier molecular flexibility index (Phi) is 5.71. The van der Waals surface area contributed by atoms with Crippen LogP contribution in [0.2, 0.25) is 0 Å². The summed E-state index contributed by atoms with van der Waals surface area (Å²) < 4.78 is 52.7. The first kappa shape index (κ1) is 19.9. The molecule has 138 valence electrons. The third-order valence-corrected chi connectivity index (χ3v) is 4.03. The van der Waals surface area contributed by atoms with E-state index in [2.05, 4.69) is 9.97 Å². The van der Waals surface area contributed by atoms with Gasteiger partial charge in [0.1, 0.15) is 17.3 Å². The Morgan fingerprint density at radius 3 is 2.42 bits per heavy atom. The number of nitrogens with zero attached hydrogens (tertiary/aromatic N) is 1. The van der Waals surface area contributed by atoms with E-state index in [0.29, 0.717) is 5.39 Å². The number of nitrogens with one attached hydrogen (secondary N) is 2. The van der Waals surface area contributed by atoms with E-state index < -0.39 is 21.8 Å². The van der Waals surface area contributed by atoms with Gasteiger partial charge in [-0.2, -0.15) is 13.1 Å². The Hall–Kier alpha value is -2.40. The quantitative estimate of drug-likeness (QED) is 0.614. The number of aromatic nitrogens is 2. The number of halogens is 3. The molecule has 7 nitrogen and oxygen atoms in total. The average molecular weight is 403 g/mol. The highest BCUT2D eigenvalue weighted by Crippen LogP contribution is 2.31. The smallest absolute Gasteiger partial charge is 0.274 e. The van der Waals surface area contributed by atoms with Gasteiger partial charge >= 0.3 is 0 Å². The molecule has 0 aliphatic rings. The third kappa shape index (κ3) is 4.22. The molecule has 0 amide bonds. The summed E-state index contributed by atoms with van der Waals surface area (Å²) in [5.41, 5.74) is -0.216. The number of pyridine rings is 2. The maximum Gasteiger partial charge on any atom is 0.274 e. The molecule has 26 heavy (non-hydrogen) atoms. The molecule has 0 aliphatic heterocycles. The molecule has 3 aromatic rings. The summed E-state index contributed by atoms with van der Waals surface area (Å²) in [5, 5.41) is 5.16. The van der Waals surface area contributed by atoms with E-state index in [1.54, 1.807) is 0 Å². The monoisotopic (exact) mass is 402 g/mol. The SMILES string of the molecule is Cl.NS(=O)(=O)NCc1cc(F)c(-c2ccnc3[nH]c(=O)ccc23)c(F)c1. The van der Waals surface area contributed by atoms with E-state index in [4.69, 9.17) is 5.14 Å². The molecule has 0 spiro atoms. The summed E-state index contributed by atoms with van der Waals surface area (Å²) in [7, 11) is -3.98. The van der Waals surface area contributed by atoms with Gasteiger partial charge in [-0.05, 0) is 29.8 Å². The predicted octanol–water partition coefficient (Wildman–Crippen LogP) is 1.58. The molecular weight excluding hydrogens is 390 g/mol. The minimum atomic E-state index is -3.98. The standard InChI is InChI=1S/C15H12F2N4O3S.ClH/c16-11-5-8(7-20-25(18,23)24)6-12(17)14(11)9-3-4-19-15-10(9)1-2-13(22)21-15;/h1-6,20H,7H2,(H2,18,23,24)(H,19,21,22);1H. The summed E-state index contributed by atoms with van der Waals surface area (Å²) in [6, 6.07) is 6.09. The topological polar surface area (TPSA) is 118 Å². The second-order valence-electron chi connectivity index (χ2n) is 5.24. The highest BCUT2D eigenvalue weighted by atomic mass is 35.5. The van der Waals surface area contributed by atoms with Crippen LogP contribution in [-0.4, -0.2) is 18.4 Å². The Balaban J connectivity index is 0.00000243. The van der Waals surface area contributed by atoms with Crippen LogP contribution in [0.4, 0.5) is 8.78 Å². The molecule has 2 aromatic heterocycles. The highest BCUT2D eigenvalue weighted by molar-refractivity contribution is 7.87. The van der Waals surface area contributed by atoms with Crippen molar-refractivity contribution in [2.45, 2.75) is 6.54 Å². The minimum Gasteiger partial charge on any atom is -0.307 e. The van der Waals surface area contributed by atoms with Crippen LogP contribution in [0.25, 0.3) is 22.2 Å². The second kappa shape index (κ2) is 7.46. The number of aromatic amines is 1. The molecule has 2 heterocycles. The number of nitrogens with two attached hydrogens (primary N) is 1. The zero-order valence-electron chi connectivity index (χ0n) is 13.0. The molecule has 0 bridgehead atoms. The number of hydrogen-bond donors (Lipinski definition) is 3. The van der Waals surface area contributed by atoms with E-state index in [1.165, 1.54) is 24.4 Å². The molecule has 0 unspecified atom stereocenters. The van der Waals surface area contributed by atoms with Crippen molar-refractivity contribution in [1.29, 1.82) is 0 Å². The van der Waals surface area contributed by atoms with E-state index in [-0.39, 0.29) is 46.8 Å². The molecule has 0 radical (unpaired) electrons. The Bertz CT molecular complexity index is 1110. The molecule has 0 saturated heterocycles. The predicted molar refractivity (Wildman–Crippen MR) is 94.9 cm³/mol. The lowest BCUT2D eigenvalue weighted by atomic mass is 10.00. The molecular formula is C15H13ClF2N4O3S. The fraction of sp³-hybridized carbons (Fsp3) is 0.0667. The van der Waals surface area contributed by atoms with Crippen molar-refractivity contribution >= 4 is 33.6 Å². The van der Waals surface area contributed by atoms with Gasteiger partial charge in [-0.3, -0.25) is 4.79 Å². The number of benzene rings is 1. The summed E-state index contributed by atoms with van der Waals surface area (Å²) in [6.07, 6.45) is 1.32. The molecule has 1 aromatic carbocycles. The van der Waals surface area contributed by atoms with E-state index in [1.807, 2.05) is 4.72 Å². The van der Waals surface area contributed by atoms with Gasteiger partial charge in [-0.25, -0.2) is 18.9 Å². The fourth-order valence-corrected chi connectivity index (χ4v) is 2.81. The van der Waals surface area contributed by atoms with Crippen molar-refractivity contribution in [2.75, 3.05) is 0 Å². The van der Waals surface area contributed by atoms with Crippen molar-refractivity contribution in [2.24, 2.45) is 5.14 Å². The Morgan fingerprint density at radius 2 is 1.81 bits per heavy atom. The van der Waals surface area contributed by atoms with Gasteiger partial charge < -0.3 is 4.98 Å². The van der Waals surface area contributed by atoms with Gasteiger partial charge in [0.25, 0.3) is 10.2 Å². The van der Waals surface area contributed by atoms with Crippen molar-refractivity contribution in [3.63, 3.8) is 0 Å². The third-order valence-electron chi connectivity index (χ3n) is 3.48. The number of rotatable bonds is 4. The first-order valence-corrected chi connectivity index (χ1v) is 8.53. The second-order valence-corrected chi connectivity index (χ2v) is 6.62. The van der Waals surface area contributed by atoms with Crippen LogP contribution in [0.5, 0.6) is 0 Å². The van der Waals surface area contributed by atoms with Crippen molar-refractivity contribution in [1.82, 2.24) is 14.7 Å². The van der Waals surface area contributed by atoms with E-state index >= 15 is 0 Å². The molecule has 4 N–H and O–H groups in total. The lowest BCUT2D eigenvalue weighted by Crippen LogP contribution is -2.30. The lowest BCUT2D eigenvalue weighted by Gasteiger charge is -2.11. The van der Waals surface area contributed by atoms with Gasteiger partial charge in [0.15, 0.2) is 0 Å². The van der Waals surface area contributed by atoms with Gasteiger partial charge in [-0.1, -0.05) is 0 Å². The van der Waals surface area contributed by atoms with Crippen LogP contribution in [-0.2, 0) is 16.8 Å². The van der Waals surface area contributed by atoms with Crippen LogP contribution < -0.4 is 15.4 Å². The highest BCUT2D eigenvalue weighted by Gasteiger charge is 2.17. The zero-order chi connectivity index (χ0) is 18.2. The zero-order valence-corrected chi connectivity index (χ0v) is 14.6. The molecule has 3 rings (SSSR count). The first-order valence-electron chi connectivity index (χ1n) is 6.98. The van der Waals surface area contributed by atoms with Crippen LogP contribution in [0.3, 0.4) is 0 Å². The molecule has 0 atom stereocenters. The van der Waals surface area contributed by atoms with Crippen molar-refractivity contribution in [3.8, 4) is 11.1 Å². The summed E-state index contributed by atoms with van der Waals surface area (Å²) in [5.74, 6) is -1.77. The van der Waals surface area contributed by atoms with Crippen molar-refractivity contribution < 1.29 is 17.2 Å².